The summed E-state index contributed by atoms with van der Waals surface area (Å²) in [7, 11) is -4.18. The summed E-state index contributed by atoms with van der Waals surface area (Å²) in [5, 5.41) is 1.09. The van der Waals surface area contributed by atoms with Crippen LogP contribution >= 0.6 is 0 Å². The van der Waals surface area contributed by atoms with Crippen molar-refractivity contribution in [2.75, 3.05) is 11.8 Å². The Kier molecular flexibility index (Phi) is 4.49. The molecule has 0 bridgehead atoms. The highest BCUT2D eigenvalue weighted by Crippen LogP contribution is 2.34. The van der Waals surface area contributed by atoms with Crippen LogP contribution in [0.4, 0.5) is 23.2 Å². The van der Waals surface area contributed by atoms with E-state index in [4.69, 9.17) is 0 Å². The van der Waals surface area contributed by atoms with E-state index >= 15 is 0 Å². The van der Waals surface area contributed by atoms with Gasteiger partial charge in [-0.1, -0.05) is 36.4 Å². The van der Waals surface area contributed by atoms with E-state index in [1.165, 1.54) is 12.1 Å². The van der Waals surface area contributed by atoms with Gasteiger partial charge in [0.15, 0.2) is 22.3 Å². The molecule has 0 saturated carbocycles. The Morgan fingerprint density at radius 3 is 2.04 bits per heavy atom. The predicted molar refractivity (Wildman–Crippen MR) is 87.6 cm³/mol. The highest BCUT2D eigenvalue weighted by molar-refractivity contribution is 7.92. The first-order chi connectivity index (χ1) is 12.3. The van der Waals surface area contributed by atoms with E-state index in [0.29, 0.717) is 10.8 Å². The number of hydrogen-bond donors (Lipinski definition) is 1. The van der Waals surface area contributed by atoms with Crippen molar-refractivity contribution in [2.45, 2.75) is 4.90 Å². The number of ether oxygens (including phenoxy) is 1. The van der Waals surface area contributed by atoms with Crippen molar-refractivity contribution in [3.05, 3.63) is 65.7 Å². The van der Waals surface area contributed by atoms with Gasteiger partial charge in [0.2, 0.25) is 11.6 Å². The summed E-state index contributed by atoms with van der Waals surface area (Å²) in [4.78, 5) is -1.76. The minimum atomic E-state index is -4.97. The summed E-state index contributed by atoms with van der Waals surface area (Å²) >= 11 is 0. The molecule has 26 heavy (non-hydrogen) atoms. The van der Waals surface area contributed by atoms with Gasteiger partial charge in [-0.3, -0.25) is 4.72 Å². The minimum absolute atomic E-state index is 0.00136. The number of anilines is 1. The second kappa shape index (κ2) is 6.49. The smallest absolute Gasteiger partial charge is 0.268 e. The largest absolute Gasteiger partial charge is 0.491 e. The number of sulfonamides is 1. The summed E-state index contributed by atoms with van der Waals surface area (Å²) in [6.45, 7) is 0. The molecule has 136 valence electrons. The van der Waals surface area contributed by atoms with Crippen molar-refractivity contribution < 1.29 is 30.7 Å². The van der Waals surface area contributed by atoms with Crippen LogP contribution in [0.15, 0.2) is 47.4 Å². The van der Waals surface area contributed by atoms with Crippen LogP contribution in [0.5, 0.6) is 5.75 Å². The van der Waals surface area contributed by atoms with Gasteiger partial charge >= 0.3 is 0 Å². The van der Waals surface area contributed by atoms with Gasteiger partial charge in [-0.2, -0.15) is 8.78 Å². The quantitative estimate of drug-likeness (QED) is 0.541. The number of benzene rings is 3. The maximum Gasteiger partial charge on any atom is 0.268 e. The zero-order chi connectivity index (χ0) is 19.1. The molecular weight excluding hydrogens is 374 g/mol. The molecule has 3 aromatic carbocycles. The summed E-state index contributed by atoms with van der Waals surface area (Å²) in [5.41, 5.74) is -0.00136. The summed E-state index contributed by atoms with van der Waals surface area (Å²) in [5.74, 6) is -9.37. The zero-order valence-corrected chi connectivity index (χ0v) is 14.0. The van der Waals surface area contributed by atoms with Crippen LogP contribution in [0.2, 0.25) is 0 Å². The Balaban J connectivity index is 2.18. The number of halogens is 4. The summed E-state index contributed by atoms with van der Waals surface area (Å²) in [6.07, 6.45) is 0. The molecule has 0 aromatic heterocycles. The third-order valence-electron chi connectivity index (χ3n) is 3.69. The summed E-state index contributed by atoms with van der Waals surface area (Å²) < 4.78 is 87.0. The minimum Gasteiger partial charge on any atom is -0.491 e. The van der Waals surface area contributed by atoms with Crippen LogP contribution in [0.3, 0.4) is 0 Å². The van der Waals surface area contributed by atoms with Gasteiger partial charge in [0, 0.05) is 5.39 Å². The fourth-order valence-electron chi connectivity index (χ4n) is 2.52. The fraction of sp³-hybridized carbons (Fsp3) is 0.0588. The molecule has 0 saturated heterocycles. The molecule has 0 aliphatic carbocycles. The van der Waals surface area contributed by atoms with Crippen molar-refractivity contribution in [1.29, 1.82) is 0 Å². The molecule has 0 unspecified atom stereocenters. The maximum atomic E-state index is 14.1. The predicted octanol–water partition coefficient (Wildman–Crippen LogP) is 4.21. The second-order valence-corrected chi connectivity index (χ2v) is 6.87. The Bertz CT molecular complexity index is 1080. The number of rotatable bonds is 4. The van der Waals surface area contributed by atoms with Gasteiger partial charge in [0.25, 0.3) is 10.0 Å². The van der Waals surface area contributed by atoms with E-state index < -0.39 is 43.9 Å². The maximum absolute atomic E-state index is 14.1. The van der Waals surface area contributed by atoms with Gasteiger partial charge in [0.05, 0.1) is 12.8 Å². The molecule has 0 heterocycles. The molecular formula is C17H11F4NO3S. The number of fused-ring (bicyclic) bond motifs is 1. The lowest BCUT2D eigenvalue weighted by Gasteiger charge is -2.14. The molecule has 3 rings (SSSR count). The molecule has 0 aliphatic heterocycles. The van der Waals surface area contributed by atoms with Gasteiger partial charge in [-0.25, -0.2) is 17.2 Å². The third-order valence-corrected chi connectivity index (χ3v) is 5.07. The SMILES string of the molecule is COc1c(F)c(F)c(S(=O)(=O)Nc2cccc3ccccc23)c(F)c1F. The molecule has 0 atom stereocenters. The van der Waals surface area contributed by atoms with E-state index in [-0.39, 0.29) is 5.69 Å². The fourth-order valence-corrected chi connectivity index (χ4v) is 3.74. The zero-order valence-electron chi connectivity index (χ0n) is 13.2. The molecule has 4 nitrogen and oxygen atoms in total. The van der Waals surface area contributed by atoms with Gasteiger partial charge < -0.3 is 4.74 Å². The molecule has 3 aromatic rings. The van der Waals surface area contributed by atoms with Crippen molar-refractivity contribution in [3.63, 3.8) is 0 Å². The van der Waals surface area contributed by atoms with Crippen molar-refractivity contribution in [1.82, 2.24) is 0 Å². The average molecular weight is 385 g/mol. The average Bonchev–Trinajstić information content (AvgIpc) is 2.60. The molecule has 0 fully saturated rings. The highest BCUT2D eigenvalue weighted by Gasteiger charge is 2.34. The monoisotopic (exact) mass is 385 g/mol. The van der Waals surface area contributed by atoms with Crippen molar-refractivity contribution in [2.24, 2.45) is 0 Å². The standard InChI is InChI=1S/C17H11F4NO3S/c1-25-16-12(18)14(20)17(15(21)13(16)19)26(23,24)22-11-8-4-6-9-5-2-3-7-10(9)11/h2-8,22H,1H3. The highest BCUT2D eigenvalue weighted by atomic mass is 32.2. The van der Waals surface area contributed by atoms with E-state index in [1.54, 1.807) is 30.3 Å². The van der Waals surface area contributed by atoms with Gasteiger partial charge in [-0.05, 0) is 11.5 Å². The lowest BCUT2D eigenvalue weighted by atomic mass is 10.1. The Labute approximate surface area is 146 Å². The van der Waals surface area contributed by atoms with Crippen molar-refractivity contribution >= 4 is 26.5 Å². The Morgan fingerprint density at radius 2 is 1.42 bits per heavy atom. The Hall–Kier alpha value is -2.81. The van der Waals surface area contributed by atoms with E-state index in [2.05, 4.69) is 4.74 Å². The summed E-state index contributed by atoms with van der Waals surface area (Å²) in [6, 6.07) is 11.2. The topological polar surface area (TPSA) is 55.4 Å². The molecule has 0 amide bonds. The van der Waals surface area contributed by atoms with Crippen LogP contribution in [0, 0.1) is 23.3 Å². The van der Waals surface area contributed by atoms with Crippen LogP contribution < -0.4 is 9.46 Å². The van der Waals surface area contributed by atoms with Gasteiger partial charge in [0.1, 0.15) is 0 Å². The lowest BCUT2D eigenvalue weighted by molar-refractivity contribution is 0.322. The third kappa shape index (κ3) is 2.84. The van der Waals surface area contributed by atoms with Crippen LogP contribution in [0.25, 0.3) is 10.8 Å². The lowest BCUT2D eigenvalue weighted by Crippen LogP contribution is -2.19. The van der Waals surface area contributed by atoms with Crippen LogP contribution in [0.1, 0.15) is 0 Å². The van der Waals surface area contributed by atoms with E-state index in [9.17, 15) is 26.0 Å². The van der Waals surface area contributed by atoms with Gasteiger partial charge in [-0.15, -0.1) is 0 Å². The molecule has 0 spiro atoms. The molecule has 0 aliphatic rings. The normalized spacial score (nSPS) is 11.6. The number of methoxy groups -OCH3 is 1. The number of nitrogens with one attached hydrogen (secondary N) is 1. The number of hydrogen-bond acceptors (Lipinski definition) is 3. The van der Waals surface area contributed by atoms with E-state index in [1.807, 2.05) is 4.72 Å². The first-order valence-electron chi connectivity index (χ1n) is 7.18. The first kappa shape index (κ1) is 18.0. The molecule has 0 radical (unpaired) electrons. The Morgan fingerprint density at radius 1 is 0.846 bits per heavy atom. The molecule has 9 heteroatoms. The van der Waals surface area contributed by atoms with E-state index in [0.717, 1.165) is 7.11 Å². The molecule has 1 N–H and O–H groups in total. The second-order valence-electron chi connectivity index (χ2n) is 5.25. The first-order valence-corrected chi connectivity index (χ1v) is 8.66. The van der Waals surface area contributed by atoms with Crippen molar-refractivity contribution in [3.8, 4) is 5.75 Å². The van der Waals surface area contributed by atoms with Crippen LogP contribution in [-0.2, 0) is 10.0 Å². The van der Waals surface area contributed by atoms with Crippen LogP contribution in [-0.4, -0.2) is 15.5 Å².